The van der Waals surface area contributed by atoms with Crippen molar-refractivity contribution in [3.05, 3.63) is 48.6 Å². The van der Waals surface area contributed by atoms with Crippen LogP contribution >= 0.6 is 0 Å². The average Bonchev–Trinajstić information content (AvgIpc) is 3.46. The van der Waals surface area contributed by atoms with Crippen LogP contribution in [0.5, 0.6) is 0 Å². The third-order valence-corrected chi connectivity index (χ3v) is 16.6. The summed E-state index contributed by atoms with van der Waals surface area (Å²) in [6.07, 6.45) is 75.1. The molecule has 0 saturated carbocycles. The largest absolute Gasteiger partial charge is 0.394 e. The summed E-state index contributed by atoms with van der Waals surface area (Å²) >= 11 is 0. The summed E-state index contributed by atoms with van der Waals surface area (Å²) in [5, 5.41) is 54.7. The average molecular weight is 1130 g/mol. The molecule has 7 atom stereocenters. The van der Waals surface area contributed by atoms with Crippen LogP contribution in [0.1, 0.15) is 341 Å². The first kappa shape index (κ1) is 76.2. The topological polar surface area (TPSA) is 149 Å². The fraction of sp³-hybridized carbons (Fsp3) is 0.873. The Hall–Kier alpha value is -1.85. The molecule has 0 spiro atoms. The minimum Gasteiger partial charge on any atom is -0.394 e. The predicted molar refractivity (Wildman–Crippen MR) is 341 cm³/mol. The molecule has 1 aliphatic rings. The van der Waals surface area contributed by atoms with Crippen molar-refractivity contribution in [2.75, 3.05) is 13.2 Å². The van der Waals surface area contributed by atoms with Crippen molar-refractivity contribution >= 4 is 5.91 Å². The van der Waals surface area contributed by atoms with E-state index in [0.717, 1.165) is 44.9 Å². The summed E-state index contributed by atoms with van der Waals surface area (Å²) in [6.45, 7) is 3.80. The van der Waals surface area contributed by atoms with E-state index in [2.05, 4.69) is 55.6 Å². The molecule has 0 aromatic carbocycles. The molecule has 1 aliphatic heterocycles. The van der Waals surface area contributed by atoms with Gasteiger partial charge in [-0.15, -0.1) is 0 Å². The van der Waals surface area contributed by atoms with Gasteiger partial charge in [-0.3, -0.25) is 4.79 Å². The highest BCUT2D eigenvalue weighted by Gasteiger charge is 2.44. The molecular weight excluding hydrogens is 995 g/mol. The van der Waals surface area contributed by atoms with Crippen molar-refractivity contribution in [3.8, 4) is 0 Å². The van der Waals surface area contributed by atoms with E-state index in [1.165, 1.54) is 276 Å². The van der Waals surface area contributed by atoms with Crippen molar-refractivity contribution in [2.24, 2.45) is 0 Å². The lowest BCUT2D eigenvalue weighted by Gasteiger charge is -2.40. The molecule has 7 unspecified atom stereocenters. The van der Waals surface area contributed by atoms with Crippen molar-refractivity contribution in [2.45, 2.75) is 384 Å². The second-order valence-corrected chi connectivity index (χ2v) is 24.3. The standard InChI is InChI=1S/C71H133NO8/c1-3-5-7-9-11-13-15-17-19-21-23-25-27-28-29-30-31-32-33-34-35-36-37-38-39-41-43-45-47-49-51-53-55-57-59-61-67(75)72-64(63-79-71-70(78)69(77)68(76)66(62-73)80-71)65(74)60-58-56-54-52-50-48-46-44-42-40-26-24-22-20-18-16-14-12-10-8-6-4-2/h30-31,42,44,50,52,58,60,64-66,68-71,73-74,76-78H,3-29,32-41,43,45-49,51,53-57,59,61-63H2,1-2H3,(H,72,75)/b31-30-,44-42+,52-50+,60-58+. The third kappa shape index (κ3) is 48.5. The molecule has 80 heavy (non-hydrogen) atoms. The highest BCUT2D eigenvalue weighted by molar-refractivity contribution is 5.76. The molecular formula is C71H133NO8. The number of unbranched alkanes of at least 4 members (excludes halogenated alkanes) is 45. The molecule has 1 saturated heterocycles. The summed E-state index contributed by atoms with van der Waals surface area (Å²) in [4.78, 5) is 13.1. The van der Waals surface area contributed by atoms with Crippen LogP contribution in [-0.4, -0.2) is 87.5 Å². The summed E-state index contributed by atoms with van der Waals surface area (Å²) in [6, 6.07) is -0.829. The smallest absolute Gasteiger partial charge is 0.220 e. The molecule has 0 aliphatic carbocycles. The number of aliphatic hydroxyl groups excluding tert-OH is 5. The molecule has 0 radical (unpaired) electrons. The number of hydrogen-bond donors (Lipinski definition) is 6. The highest BCUT2D eigenvalue weighted by atomic mass is 16.7. The number of carbonyl (C=O) groups excluding carboxylic acids is 1. The van der Waals surface area contributed by atoms with Crippen LogP contribution in [0.3, 0.4) is 0 Å². The van der Waals surface area contributed by atoms with Gasteiger partial charge in [0.05, 0.1) is 25.4 Å². The van der Waals surface area contributed by atoms with Gasteiger partial charge in [-0.2, -0.15) is 0 Å². The Morgan fingerprint density at radius 1 is 0.412 bits per heavy atom. The molecule has 0 aromatic heterocycles. The van der Waals surface area contributed by atoms with Crippen molar-refractivity contribution in [3.63, 3.8) is 0 Å². The first-order chi connectivity index (χ1) is 39.3. The minimum absolute atomic E-state index is 0.186. The van der Waals surface area contributed by atoms with Gasteiger partial charge in [0.15, 0.2) is 6.29 Å². The number of amides is 1. The zero-order chi connectivity index (χ0) is 57.9. The van der Waals surface area contributed by atoms with Gasteiger partial charge < -0.3 is 40.3 Å². The lowest BCUT2D eigenvalue weighted by atomic mass is 9.99. The van der Waals surface area contributed by atoms with E-state index in [0.29, 0.717) is 6.42 Å². The molecule has 9 nitrogen and oxygen atoms in total. The van der Waals surface area contributed by atoms with E-state index in [1.807, 2.05) is 6.08 Å². The second kappa shape index (κ2) is 60.3. The van der Waals surface area contributed by atoms with Gasteiger partial charge >= 0.3 is 0 Å². The Morgan fingerprint density at radius 3 is 1.05 bits per heavy atom. The van der Waals surface area contributed by atoms with Gasteiger partial charge in [-0.05, 0) is 70.6 Å². The summed E-state index contributed by atoms with van der Waals surface area (Å²) in [5.74, 6) is -0.186. The van der Waals surface area contributed by atoms with Crippen LogP contribution < -0.4 is 5.32 Å². The van der Waals surface area contributed by atoms with Gasteiger partial charge in [0.25, 0.3) is 0 Å². The molecule has 1 rings (SSSR count). The number of aliphatic hydroxyl groups is 5. The number of hydrogen-bond acceptors (Lipinski definition) is 8. The SMILES string of the molecule is CCCCCCCCCCCCCC/C=C/CC/C=C/CC/C=C/C(O)C(COC1OC(CO)C(O)C(O)C1O)NC(=O)CCCCCCCCCCCCCCCCCCC/C=C\CCCCCCCCCCCCCCCC. The molecule has 9 heteroatoms. The van der Waals surface area contributed by atoms with E-state index in [-0.39, 0.29) is 12.5 Å². The zero-order valence-electron chi connectivity index (χ0n) is 52.6. The summed E-state index contributed by atoms with van der Waals surface area (Å²) in [7, 11) is 0. The van der Waals surface area contributed by atoms with E-state index < -0.39 is 49.5 Å². The maximum Gasteiger partial charge on any atom is 0.220 e. The van der Waals surface area contributed by atoms with Crippen LogP contribution in [-0.2, 0) is 14.3 Å². The van der Waals surface area contributed by atoms with E-state index in [1.54, 1.807) is 6.08 Å². The highest BCUT2D eigenvalue weighted by Crippen LogP contribution is 2.23. The number of carbonyl (C=O) groups is 1. The van der Waals surface area contributed by atoms with E-state index >= 15 is 0 Å². The maximum atomic E-state index is 13.1. The Balaban J connectivity index is 2.12. The van der Waals surface area contributed by atoms with Crippen LogP contribution in [0.2, 0.25) is 0 Å². The van der Waals surface area contributed by atoms with Gasteiger partial charge in [-0.25, -0.2) is 0 Å². The molecule has 1 fully saturated rings. The number of allylic oxidation sites excluding steroid dienone is 7. The lowest BCUT2D eigenvalue weighted by Crippen LogP contribution is -2.60. The molecule has 470 valence electrons. The van der Waals surface area contributed by atoms with Crippen LogP contribution in [0.4, 0.5) is 0 Å². The first-order valence-electron chi connectivity index (χ1n) is 34.9. The Kier molecular flexibility index (Phi) is 57.4. The Bertz CT molecular complexity index is 1400. The quantitative estimate of drug-likeness (QED) is 0.0261. The van der Waals surface area contributed by atoms with Crippen LogP contribution in [0.25, 0.3) is 0 Å². The first-order valence-corrected chi connectivity index (χ1v) is 34.9. The lowest BCUT2D eigenvalue weighted by molar-refractivity contribution is -0.302. The van der Waals surface area contributed by atoms with Gasteiger partial charge in [-0.1, -0.05) is 313 Å². The molecule has 1 amide bonds. The second-order valence-electron chi connectivity index (χ2n) is 24.3. The van der Waals surface area contributed by atoms with Crippen LogP contribution in [0, 0.1) is 0 Å². The maximum absolute atomic E-state index is 13.1. The van der Waals surface area contributed by atoms with Gasteiger partial charge in [0, 0.05) is 6.42 Å². The fourth-order valence-electron chi connectivity index (χ4n) is 11.1. The number of nitrogens with one attached hydrogen (secondary N) is 1. The van der Waals surface area contributed by atoms with Gasteiger partial charge in [0.1, 0.15) is 24.4 Å². The predicted octanol–water partition coefficient (Wildman–Crippen LogP) is 18.8. The van der Waals surface area contributed by atoms with Crippen LogP contribution in [0.15, 0.2) is 48.6 Å². The molecule has 1 heterocycles. The fourth-order valence-corrected chi connectivity index (χ4v) is 11.1. The van der Waals surface area contributed by atoms with Gasteiger partial charge in [0.2, 0.25) is 5.91 Å². The zero-order valence-corrected chi connectivity index (χ0v) is 52.6. The van der Waals surface area contributed by atoms with Crippen molar-refractivity contribution in [1.29, 1.82) is 0 Å². The molecule has 6 N–H and O–H groups in total. The number of ether oxygens (including phenoxy) is 2. The Morgan fingerprint density at radius 2 is 0.713 bits per heavy atom. The number of rotatable bonds is 61. The molecule has 0 bridgehead atoms. The minimum atomic E-state index is -1.58. The summed E-state index contributed by atoms with van der Waals surface area (Å²) in [5.41, 5.74) is 0. The van der Waals surface area contributed by atoms with E-state index in [9.17, 15) is 30.3 Å². The normalized spacial score (nSPS) is 18.7. The Labute approximate surface area is 494 Å². The van der Waals surface area contributed by atoms with Crippen molar-refractivity contribution in [1.82, 2.24) is 5.32 Å². The molecule has 0 aromatic rings. The monoisotopic (exact) mass is 1130 g/mol. The van der Waals surface area contributed by atoms with E-state index in [4.69, 9.17) is 9.47 Å². The third-order valence-electron chi connectivity index (χ3n) is 16.6. The summed E-state index contributed by atoms with van der Waals surface area (Å²) < 4.78 is 11.3. The van der Waals surface area contributed by atoms with Crippen molar-refractivity contribution < 1.29 is 39.8 Å².